The molecule has 0 aliphatic heterocycles. The molecule has 0 saturated carbocycles. The zero-order valence-electron chi connectivity index (χ0n) is 14.7. The molecule has 6 heteroatoms. The van der Waals surface area contributed by atoms with Crippen LogP contribution in [-0.4, -0.2) is 29.1 Å². The summed E-state index contributed by atoms with van der Waals surface area (Å²) in [5, 5.41) is 10.4. The highest BCUT2D eigenvalue weighted by molar-refractivity contribution is 6.06. The number of hydrogen-bond acceptors (Lipinski definition) is 5. The number of methoxy groups -OCH3 is 1. The number of fused-ring (bicyclic) bond motifs is 2. The monoisotopic (exact) mass is 363 g/mol. The number of aromatic nitrogens is 1. The second-order valence-electron chi connectivity index (χ2n) is 6.36. The van der Waals surface area contributed by atoms with Crippen LogP contribution in [0.2, 0.25) is 0 Å². The van der Waals surface area contributed by atoms with E-state index in [1.54, 1.807) is 12.1 Å². The second kappa shape index (κ2) is 6.72. The van der Waals surface area contributed by atoms with Gasteiger partial charge < -0.3 is 14.3 Å². The topological polar surface area (TPSA) is 89.6 Å². The third kappa shape index (κ3) is 2.89. The first-order chi connectivity index (χ1) is 13.1. The van der Waals surface area contributed by atoms with Crippen LogP contribution in [0.5, 0.6) is 0 Å². The molecule has 0 saturated heterocycles. The number of hydrogen-bond donors (Lipinski definition) is 1. The lowest BCUT2D eigenvalue weighted by molar-refractivity contribution is 0.0564. The summed E-state index contributed by atoms with van der Waals surface area (Å²) < 4.78 is 9.99. The average molecular weight is 363 g/mol. The summed E-state index contributed by atoms with van der Waals surface area (Å²) in [5.41, 5.74) is 3.84. The Morgan fingerprint density at radius 2 is 2.04 bits per heavy atom. The lowest BCUT2D eigenvalue weighted by Crippen LogP contribution is -2.13. The highest BCUT2D eigenvalue weighted by Gasteiger charge is 2.25. The van der Waals surface area contributed by atoms with E-state index in [0.29, 0.717) is 34.1 Å². The number of para-hydroxylation sites is 1. The number of rotatable bonds is 3. The molecule has 2 aromatic heterocycles. The number of furan rings is 1. The predicted molar refractivity (Wildman–Crippen MR) is 99.6 cm³/mol. The molecule has 6 nitrogen and oxygen atoms in total. The van der Waals surface area contributed by atoms with Crippen molar-refractivity contribution in [2.24, 2.45) is 0 Å². The van der Waals surface area contributed by atoms with Crippen LogP contribution in [0.4, 0.5) is 0 Å². The molecule has 0 atom stereocenters. The summed E-state index contributed by atoms with van der Waals surface area (Å²) in [6, 6.07) is 8.94. The van der Waals surface area contributed by atoms with Crippen molar-refractivity contribution in [1.29, 1.82) is 0 Å². The second-order valence-corrected chi connectivity index (χ2v) is 6.36. The first-order valence-corrected chi connectivity index (χ1v) is 8.62. The molecule has 0 spiro atoms. The van der Waals surface area contributed by atoms with Crippen LogP contribution in [0, 0.1) is 0 Å². The minimum atomic E-state index is -0.954. The van der Waals surface area contributed by atoms with E-state index in [9.17, 15) is 14.7 Å². The largest absolute Gasteiger partial charge is 0.478 e. The number of ether oxygens (including phenoxy) is 1. The summed E-state index contributed by atoms with van der Waals surface area (Å²) in [7, 11) is 1.30. The summed E-state index contributed by atoms with van der Waals surface area (Å²) in [6.45, 7) is 0. The standard InChI is InChI=1S/C21H17NO5/c1-26-21(25)19-13(9-10-27-19)11-12-5-4-7-15-17(20(23)24)14-6-2-3-8-16(14)22-18(12)15/h2-3,6,8-11H,4-5,7H2,1H3,(H,23,24)/b12-11+. The van der Waals surface area contributed by atoms with Gasteiger partial charge >= 0.3 is 11.9 Å². The summed E-state index contributed by atoms with van der Waals surface area (Å²) in [6.07, 6.45) is 5.47. The van der Waals surface area contributed by atoms with Gasteiger partial charge in [-0.25, -0.2) is 14.6 Å². The van der Waals surface area contributed by atoms with E-state index >= 15 is 0 Å². The van der Waals surface area contributed by atoms with E-state index in [1.165, 1.54) is 13.4 Å². The molecule has 0 amide bonds. The van der Waals surface area contributed by atoms with Crippen LogP contribution < -0.4 is 0 Å². The van der Waals surface area contributed by atoms with E-state index in [-0.39, 0.29) is 5.76 Å². The Kier molecular flexibility index (Phi) is 4.24. The van der Waals surface area contributed by atoms with E-state index in [1.807, 2.05) is 24.3 Å². The van der Waals surface area contributed by atoms with Crippen molar-refractivity contribution in [1.82, 2.24) is 4.98 Å². The fourth-order valence-electron chi connectivity index (χ4n) is 3.60. The number of carboxylic acids is 1. The first-order valence-electron chi connectivity index (χ1n) is 8.62. The van der Waals surface area contributed by atoms with Crippen molar-refractivity contribution < 1.29 is 23.8 Å². The van der Waals surface area contributed by atoms with Crippen molar-refractivity contribution in [3.63, 3.8) is 0 Å². The van der Waals surface area contributed by atoms with Crippen LogP contribution in [0.3, 0.4) is 0 Å². The van der Waals surface area contributed by atoms with E-state index in [2.05, 4.69) is 0 Å². The van der Waals surface area contributed by atoms with Gasteiger partial charge in [-0.1, -0.05) is 18.2 Å². The third-order valence-corrected chi connectivity index (χ3v) is 4.78. The normalized spacial score (nSPS) is 14.9. The van der Waals surface area contributed by atoms with Gasteiger partial charge in [-0.3, -0.25) is 0 Å². The van der Waals surface area contributed by atoms with Crippen molar-refractivity contribution in [2.45, 2.75) is 19.3 Å². The van der Waals surface area contributed by atoms with Gasteiger partial charge in [0.05, 0.1) is 30.1 Å². The average Bonchev–Trinajstić information content (AvgIpc) is 3.13. The Labute approximate surface area is 155 Å². The Morgan fingerprint density at radius 3 is 2.81 bits per heavy atom. The summed E-state index contributed by atoms with van der Waals surface area (Å²) in [4.78, 5) is 28.6. The number of benzene rings is 1. The fraction of sp³-hybridized carbons (Fsp3) is 0.190. The molecule has 4 rings (SSSR count). The maximum absolute atomic E-state index is 12.0. The number of carbonyl (C=O) groups is 2. The van der Waals surface area contributed by atoms with Gasteiger partial charge in [0, 0.05) is 10.9 Å². The Morgan fingerprint density at radius 1 is 1.22 bits per heavy atom. The first kappa shape index (κ1) is 17.0. The summed E-state index contributed by atoms with van der Waals surface area (Å²) in [5.74, 6) is -1.39. The number of esters is 1. The van der Waals surface area contributed by atoms with E-state index in [4.69, 9.17) is 14.1 Å². The zero-order chi connectivity index (χ0) is 19.0. The van der Waals surface area contributed by atoms with Crippen LogP contribution in [0.1, 0.15) is 50.6 Å². The Bertz CT molecular complexity index is 1090. The molecule has 0 bridgehead atoms. The van der Waals surface area contributed by atoms with E-state index in [0.717, 1.165) is 24.0 Å². The van der Waals surface area contributed by atoms with Gasteiger partial charge in [0.2, 0.25) is 5.76 Å². The Balaban J connectivity index is 1.93. The number of allylic oxidation sites excluding steroid dienone is 1. The lowest BCUT2D eigenvalue weighted by Gasteiger charge is -2.21. The highest BCUT2D eigenvalue weighted by Crippen LogP contribution is 2.36. The smallest absolute Gasteiger partial charge is 0.374 e. The van der Waals surface area contributed by atoms with Gasteiger partial charge in [-0.05, 0) is 48.6 Å². The van der Waals surface area contributed by atoms with Crippen molar-refractivity contribution in [3.8, 4) is 0 Å². The van der Waals surface area contributed by atoms with Crippen molar-refractivity contribution in [3.05, 3.63) is 64.7 Å². The molecule has 0 fully saturated rings. The van der Waals surface area contributed by atoms with Crippen LogP contribution >= 0.6 is 0 Å². The quantitative estimate of drug-likeness (QED) is 0.702. The molecule has 1 aliphatic carbocycles. The molecule has 1 N–H and O–H groups in total. The zero-order valence-corrected chi connectivity index (χ0v) is 14.7. The number of pyridine rings is 1. The highest BCUT2D eigenvalue weighted by atomic mass is 16.5. The minimum Gasteiger partial charge on any atom is -0.478 e. The molecule has 2 heterocycles. The molecule has 27 heavy (non-hydrogen) atoms. The van der Waals surface area contributed by atoms with Crippen molar-refractivity contribution >= 4 is 34.5 Å². The molecule has 136 valence electrons. The van der Waals surface area contributed by atoms with Gasteiger partial charge in [0.25, 0.3) is 0 Å². The maximum Gasteiger partial charge on any atom is 0.374 e. The van der Waals surface area contributed by atoms with Crippen molar-refractivity contribution in [2.75, 3.05) is 7.11 Å². The summed E-state index contributed by atoms with van der Waals surface area (Å²) >= 11 is 0. The third-order valence-electron chi connectivity index (χ3n) is 4.78. The molecule has 3 aromatic rings. The molecule has 0 unspecified atom stereocenters. The molecule has 1 aromatic carbocycles. The van der Waals surface area contributed by atoms with Crippen LogP contribution in [0.15, 0.2) is 41.0 Å². The predicted octanol–water partition coefficient (Wildman–Crippen LogP) is 4.19. The SMILES string of the molecule is COC(=O)c1occc1/C=C1\CCCc2c1nc1ccccc1c2C(=O)O. The number of nitrogens with zero attached hydrogens (tertiary/aromatic N) is 1. The van der Waals surface area contributed by atoms with E-state index < -0.39 is 11.9 Å². The number of carbonyl (C=O) groups excluding carboxylic acids is 1. The molecule has 1 aliphatic rings. The molecule has 0 radical (unpaired) electrons. The maximum atomic E-state index is 12.0. The number of carboxylic acid groups (broad SMARTS) is 1. The Hall–Kier alpha value is -3.41. The van der Waals surface area contributed by atoms with Crippen LogP contribution in [0.25, 0.3) is 22.6 Å². The molecular weight excluding hydrogens is 346 g/mol. The lowest BCUT2D eigenvalue weighted by atomic mass is 9.86. The molecular formula is C21H17NO5. The minimum absolute atomic E-state index is 0.122. The van der Waals surface area contributed by atoms with Gasteiger partial charge in [-0.15, -0.1) is 0 Å². The van der Waals surface area contributed by atoms with Crippen LogP contribution in [-0.2, 0) is 11.2 Å². The van der Waals surface area contributed by atoms with Gasteiger partial charge in [-0.2, -0.15) is 0 Å². The number of aromatic carboxylic acids is 1. The van der Waals surface area contributed by atoms with Gasteiger partial charge in [0.15, 0.2) is 0 Å². The fourth-order valence-corrected chi connectivity index (χ4v) is 3.60. The van der Waals surface area contributed by atoms with Gasteiger partial charge in [0.1, 0.15) is 0 Å².